The molecule has 128 valence electrons. The summed E-state index contributed by atoms with van der Waals surface area (Å²) in [4.78, 5) is 8.67. The van der Waals surface area contributed by atoms with Crippen LogP contribution in [0, 0.1) is 0 Å². The van der Waals surface area contributed by atoms with Crippen molar-refractivity contribution in [3.63, 3.8) is 0 Å². The quantitative estimate of drug-likeness (QED) is 0.434. The Hall–Kier alpha value is -2.03. The van der Waals surface area contributed by atoms with E-state index in [0.717, 1.165) is 23.4 Å². The molecule has 1 aliphatic heterocycles. The summed E-state index contributed by atoms with van der Waals surface area (Å²) < 4.78 is 10.7. The normalized spacial score (nSPS) is 16.4. The highest BCUT2D eigenvalue weighted by Gasteiger charge is 2.21. The molecule has 24 heavy (non-hydrogen) atoms. The fourth-order valence-electron chi connectivity index (χ4n) is 2.54. The lowest BCUT2D eigenvalue weighted by atomic mass is 10.0. The number of hydrogen-bond donors (Lipinski definition) is 2. The molecule has 0 radical (unpaired) electrons. The standard InChI is InChI=1S/C17H20N4O2.HI/c1-22-16-8-4-5-12(20-16)11-19-17(18)21-14-9-10-23-15-7-3-2-6-13(14)15;/h2-8,14H,9-11H2,1H3,(H3,18,19,21);1H. The van der Waals surface area contributed by atoms with Gasteiger partial charge in [-0.1, -0.05) is 24.3 Å². The maximum Gasteiger partial charge on any atom is 0.213 e. The topological polar surface area (TPSA) is 81.8 Å². The van der Waals surface area contributed by atoms with Crippen molar-refractivity contribution in [2.45, 2.75) is 19.0 Å². The summed E-state index contributed by atoms with van der Waals surface area (Å²) in [6, 6.07) is 13.7. The van der Waals surface area contributed by atoms with E-state index in [1.807, 2.05) is 36.4 Å². The number of pyridine rings is 1. The van der Waals surface area contributed by atoms with Crippen LogP contribution in [0.1, 0.15) is 23.7 Å². The molecule has 1 aromatic carbocycles. The lowest BCUT2D eigenvalue weighted by molar-refractivity contribution is 0.262. The van der Waals surface area contributed by atoms with Crippen LogP contribution in [0.15, 0.2) is 47.5 Å². The second-order valence-electron chi connectivity index (χ2n) is 5.24. The van der Waals surface area contributed by atoms with E-state index in [4.69, 9.17) is 15.2 Å². The van der Waals surface area contributed by atoms with Crippen molar-refractivity contribution < 1.29 is 9.47 Å². The van der Waals surface area contributed by atoms with Crippen LogP contribution in [-0.2, 0) is 6.54 Å². The molecule has 0 amide bonds. The van der Waals surface area contributed by atoms with Crippen molar-refractivity contribution in [3.8, 4) is 11.6 Å². The Kier molecular flexibility index (Phi) is 6.65. The van der Waals surface area contributed by atoms with Gasteiger partial charge in [-0.3, -0.25) is 0 Å². The number of aromatic nitrogens is 1. The van der Waals surface area contributed by atoms with E-state index < -0.39 is 0 Å². The van der Waals surface area contributed by atoms with Crippen LogP contribution in [0.2, 0.25) is 0 Å². The molecule has 2 heterocycles. The summed E-state index contributed by atoms with van der Waals surface area (Å²) in [7, 11) is 1.59. The Morgan fingerprint density at radius 1 is 1.33 bits per heavy atom. The second-order valence-corrected chi connectivity index (χ2v) is 5.24. The molecular weight excluding hydrogens is 419 g/mol. The van der Waals surface area contributed by atoms with Crippen molar-refractivity contribution in [1.29, 1.82) is 0 Å². The third kappa shape index (κ3) is 4.50. The zero-order chi connectivity index (χ0) is 16.1. The first kappa shape index (κ1) is 18.3. The van der Waals surface area contributed by atoms with Gasteiger partial charge >= 0.3 is 0 Å². The minimum absolute atomic E-state index is 0. The van der Waals surface area contributed by atoms with E-state index >= 15 is 0 Å². The molecule has 1 aliphatic rings. The fourth-order valence-corrected chi connectivity index (χ4v) is 2.54. The average Bonchev–Trinajstić information content (AvgIpc) is 2.60. The monoisotopic (exact) mass is 440 g/mol. The number of nitrogens with one attached hydrogen (secondary N) is 1. The Balaban J connectivity index is 0.00000208. The molecule has 0 saturated carbocycles. The molecule has 0 spiro atoms. The van der Waals surface area contributed by atoms with Gasteiger partial charge in [-0.25, -0.2) is 9.98 Å². The summed E-state index contributed by atoms with van der Waals surface area (Å²) in [5.41, 5.74) is 7.93. The van der Waals surface area contributed by atoms with E-state index in [1.54, 1.807) is 13.2 Å². The number of nitrogens with two attached hydrogens (primary N) is 1. The van der Waals surface area contributed by atoms with E-state index in [9.17, 15) is 0 Å². The smallest absolute Gasteiger partial charge is 0.213 e. The van der Waals surface area contributed by atoms with Gasteiger partial charge in [0.05, 0.1) is 32.0 Å². The van der Waals surface area contributed by atoms with Crippen LogP contribution in [-0.4, -0.2) is 24.7 Å². The number of para-hydroxylation sites is 1. The van der Waals surface area contributed by atoms with Crippen molar-refractivity contribution >= 4 is 29.9 Å². The second kappa shape index (κ2) is 8.72. The number of hydrogen-bond acceptors (Lipinski definition) is 4. The van der Waals surface area contributed by atoms with Gasteiger partial charge in [-0.05, 0) is 12.1 Å². The molecule has 6 nitrogen and oxygen atoms in total. The van der Waals surface area contributed by atoms with Crippen LogP contribution >= 0.6 is 24.0 Å². The van der Waals surface area contributed by atoms with E-state index in [-0.39, 0.29) is 30.0 Å². The van der Waals surface area contributed by atoms with E-state index in [1.165, 1.54) is 0 Å². The first-order chi connectivity index (χ1) is 11.3. The zero-order valence-electron chi connectivity index (χ0n) is 13.4. The number of guanidine groups is 1. The predicted octanol–water partition coefficient (Wildman–Crippen LogP) is 2.64. The number of ether oxygens (including phenoxy) is 2. The summed E-state index contributed by atoms with van der Waals surface area (Å²) >= 11 is 0. The number of benzene rings is 1. The van der Waals surface area contributed by atoms with Gasteiger partial charge in [0, 0.05) is 18.1 Å². The maximum absolute atomic E-state index is 6.02. The highest BCUT2D eigenvalue weighted by Crippen LogP contribution is 2.31. The van der Waals surface area contributed by atoms with Crippen molar-refractivity contribution in [2.75, 3.05) is 13.7 Å². The highest BCUT2D eigenvalue weighted by atomic mass is 127. The van der Waals surface area contributed by atoms with Crippen LogP contribution in [0.5, 0.6) is 11.6 Å². The predicted molar refractivity (Wildman–Crippen MR) is 104 cm³/mol. The van der Waals surface area contributed by atoms with Gasteiger partial charge in [-0.2, -0.15) is 0 Å². The van der Waals surface area contributed by atoms with Crippen LogP contribution in [0.3, 0.4) is 0 Å². The number of aliphatic imine (C=N–C) groups is 1. The Morgan fingerprint density at radius 3 is 3.00 bits per heavy atom. The Morgan fingerprint density at radius 2 is 2.17 bits per heavy atom. The number of nitrogens with zero attached hydrogens (tertiary/aromatic N) is 2. The first-order valence-electron chi connectivity index (χ1n) is 7.54. The van der Waals surface area contributed by atoms with Crippen molar-refractivity contribution in [1.82, 2.24) is 10.3 Å². The molecular formula is C17H21IN4O2. The lowest BCUT2D eigenvalue weighted by Gasteiger charge is -2.26. The molecule has 1 unspecified atom stereocenters. The van der Waals surface area contributed by atoms with Gasteiger partial charge in [0.2, 0.25) is 5.88 Å². The summed E-state index contributed by atoms with van der Waals surface area (Å²) in [5.74, 6) is 1.87. The molecule has 0 aliphatic carbocycles. The Bertz CT molecular complexity index is 708. The van der Waals surface area contributed by atoms with Gasteiger partial charge < -0.3 is 20.5 Å². The molecule has 0 fully saturated rings. The van der Waals surface area contributed by atoms with Crippen LogP contribution in [0.4, 0.5) is 0 Å². The molecule has 0 saturated heterocycles. The zero-order valence-corrected chi connectivity index (χ0v) is 15.8. The maximum atomic E-state index is 6.02. The van der Waals surface area contributed by atoms with Gasteiger partial charge in [-0.15, -0.1) is 24.0 Å². The number of fused-ring (bicyclic) bond motifs is 1. The Labute approximate surface area is 158 Å². The average molecular weight is 440 g/mol. The SMILES string of the molecule is COc1cccc(CN=C(N)NC2CCOc3ccccc32)n1.I. The van der Waals surface area contributed by atoms with Gasteiger partial charge in [0.15, 0.2) is 5.96 Å². The largest absolute Gasteiger partial charge is 0.493 e. The third-order valence-electron chi connectivity index (χ3n) is 3.68. The molecule has 0 bridgehead atoms. The molecule has 1 aromatic heterocycles. The molecule has 3 N–H and O–H groups in total. The summed E-state index contributed by atoms with van der Waals surface area (Å²) in [6.45, 7) is 1.07. The highest BCUT2D eigenvalue weighted by molar-refractivity contribution is 14.0. The van der Waals surface area contributed by atoms with Crippen molar-refractivity contribution in [3.05, 3.63) is 53.7 Å². The summed E-state index contributed by atoms with van der Waals surface area (Å²) in [5, 5.41) is 3.26. The van der Waals surface area contributed by atoms with Crippen LogP contribution in [0.25, 0.3) is 0 Å². The van der Waals surface area contributed by atoms with Gasteiger partial charge in [0.25, 0.3) is 0 Å². The van der Waals surface area contributed by atoms with E-state index in [2.05, 4.69) is 15.3 Å². The number of methoxy groups -OCH3 is 1. The number of rotatable bonds is 4. The fraction of sp³-hybridized carbons (Fsp3) is 0.294. The summed E-state index contributed by atoms with van der Waals surface area (Å²) in [6.07, 6.45) is 0.852. The first-order valence-corrected chi connectivity index (χ1v) is 7.54. The van der Waals surface area contributed by atoms with Crippen molar-refractivity contribution in [2.24, 2.45) is 10.7 Å². The minimum atomic E-state index is 0. The molecule has 7 heteroatoms. The third-order valence-corrected chi connectivity index (χ3v) is 3.68. The molecule has 3 rings (SSSR count). The van der Waals surface area contributed by atoms with Crippen LogP contribution < -0.4 is 20.5 Å². The minimum Gasteiger partial charge on any atom is -0.493 e. The van der Waals surface area contributed by atoms with Gasteiger partial charge in [0.1, 0.15) is 5.75 Å². The lowest BCUT2D eigenvalue weighted by Crippen LogP contribution is -2.37. The number of halogens is 1. The molecule has 2 aromatic rings. The van der Waals surface area contributed by atoms with E-state index in [0.29, 0.717) is 25.0 Å². The molecule has 1 atom stereocenters.